The first-order valence-electron chi connectivity index (χ1n) is 5.68. The number of benzene rings is 2. The van der Waals surface area contributed by atoms with Gasteiger partial charge in [0.2, 0.25) is 0 Å². The van der Waals surface area contributed by atoms with Gasteiger partial charge < -0.3 is 5.11 Å². The minimum Gasteiger partial charge on any atom is -0.478 e. The Labute approximate surface area is 104 Å². The maximum atomic E-state index is 11.3. The fraction of sp³-hybridized carbons (Fsp3) is 0.0667. The highest BCUT2D eigenvalue weighted by Crippen LogP contribution is 2.24. The van der Waals surface area contributed by atoms with Crippen LogP contribution in [0.15, 0.2) is 42.5 Å². The predicted octanol–water partition coefficient (Wildman–Crippen LogP) is 3.39. The molecule has 2 aromatic carbocycles. The van der Waals surface area contributed by atoms with E-state index in [0.29, 0.717) is 10.9 Å². The molecule has 3 aromatic rings. The molecule has 0 unspecified atom stereocenters. The zero-order valence-corrected chi connectivity index (χ0v) is 9.84. The molecule has 88 valence electrons. The highest BCUT2D eigenvalue weighted by atomic mass is 16.4. The summed E-state index contributed by atoms with van der Waals surface area (Å²) in [6.45, 7) is 1.81. The van der Waals surface area contributed by atoms with Crippen molar-refractivity contribution in [1.82, 2.24) is 4.98 Å². The molecule has 0 saturated heterocycles. The summed E-state index contributed by atoms with van der Waals surface area (Å²) in [6.07, 6.45) is 0. The molecule has 0 saturated carbocycles. The third kappa shape index (κ3) is 1.61. The van der Waals surface area contributed by atoms with Crippen molar-refractivity contribution in [1.29, 1.82) is 0 Å². The lowest BCUT2D eigenvalue weighted by atomic mass is 10.0. The molecule has 3 nitrogen and oxygen atoms in total. The molecule has 0 aliphatic carbocycles. The van der Waals surface area contributed by atoms with Gasteiger partial charge in [-0.25, -0.2) is 4.79 Å². The van der Waals surface area contributed by atoms with Crippen molar-refractivity contribution in [2.45, 2.75) is 6.92 Å². The molecule has 0 aliphatic heterocycles. The van der Waals surface area contributed by atoms with Crippen molar-refractivity contribution in [3.05, 3.63) is 53.7 Å². The number of carboxylic acid groups (broad SMARTS) is 1. The number of hydrogen-bond donors (Lipinski definition) is 1. The van der Waals surface area contributed by atoms with Gasteiger partial charge in [0, 0.05) is 11.1 Å². The summed E-state index contributed by atoms with van der Waals surface area (Å²) in [7, 11) is 0. The second kappa shape index (κ2) is 3.81. The molecule has 0 aliphatic rings. The Morgan fingerprint density at radius 2 is 1.78 bits per heavy atom. The number of hydrogen-bond acceptors (Lipinski definition) is 2. The summed E-state index contributed by atoms with van der Waals surface area (Å²) >= 11 is 0. The van der Waals surface area contributed by atoms with Gasteiger partial charge in [0.25, 0.3) is 0 Å². The quantitative estimate of drug-likeness (QED) is 0.660. The van der Waals surface area contributed by atoms with Gasteiger partial charge in [-0.05, 0) is 35.9 Å². The standard InChI is InChI=1S/C15H11NO2/c1-9-6-13(15(17)18)12-7-10-4-2-3-5-11(10)8-14(12)16-9/h2-8H,1H3,(H,17,18). The number of pyridine rings is 1. The Morgan fingerprint density at radius 1 is 1.11 bits per heavy atom. The third-order valence-corrected chi connectivity index (χ3v) is 3.03. The van der Waals surface area contributed by atoms with Gasteiger partial charge in [0.1, 0.15) is 0 Å². The summed E-state index contributed by atoms with van der Waals surface area (Å²) in [5, 5.41) is 12.0. The van der Waals surface area contributed by atoms with E-state index in [2.05, 4.69) is 4.98 Å². The molecule has 1 N–H and O–H groups in total. The van der Waals surface area contributed by atoms with Crippen LogP contribution in [-0.4, -0.2) is 16.1 Å². The summed E-state index contributed by atoms with van der Waals surface area (Å²) in [5.41, 5.74) is 1.75. The van der Waals surface area contributed by atoms with E-state index in [-0.39, 0.29) is 0 Å². The van der Waals surface area contributed by atoms with Crippen LogP contribution in [0.25, 0.3) is 21.7 Å². The number of carbonyl (C=O) groups is 1. The topological polar surface area (TPSA) is 50.2 Å². The van der Waals surface area contributed by atoms with Crippen LogP contribution in [0.2, 0.25) is 0 Å². The van der Waals surface area contributed by atoms with Crippen molar-refractivity contribution in [2.75, 3.05) is 0 Å². The van der Waals surface area contributed by atoms with E-state index in [0.717, 1.165) is 22.0 Å². The Kier molecular flexibility index (Phi) is 2.27. The van der Waals surface area contributed by atoms with Gasteiger partial charge in [-0.2, -0.15) is 0 Å². The molecule has 3 heteroatoms. The van der Waals surface area contributed by atoms with E-state index < -0.39 is 5.97 Å². The molecule has 3 rings (SSSR count). The van der Waals surface area contributed by atoms with Crippen LogP contribution in [0, 0.1) is 6.92 Å². The fourth-order valence-corrected chi connectivity index (χ4v) is 2.22. The van der Waals surface area contributed by atoms with E-state index in [4.69, 9.17) is 0 Å². The molecular formula is C15H11NO2. The van der Waals surface area contributed by atoms with Crippen LogP contribution >= 0.6 is 0 Å². The number of aromatic carboxylic acids is 1. The van der Waals surface area contributed by atoms with Crippen LogP contribution in [0.5, 0.6) is 0 Å². The molecule has 1 heterocycles. The van der Waals surface area contributed by atoms with Crippen LogP contribution in [0.3, 0.4) is 0 Å². The van der Waals surface area contributed by atoms with E-state index in [1.165, 1.54) is 0 Å². The highest BCUT2D eigenvalue weighted by Gasteiger charge is 2.11. The van der Waals surface area contributed by atoms with Gasteiger partial charge in [-0.15, -0.1) is 0 Å². The summed E-state index contributed by atoms with van der Waals surface area (Å²) in [5.74, 6) is -0.916. The van der Waals surface area contributed by atoms with Crippen LogP contribution in [0.1, 0.15) is 16.1 Å². The van der Waals surface area contributed by atoms with Crippen molar-refractivity contribution >= 4 is 27.6 Å². The molecule has 0 spiro atoms. The van der Waals surface area contributed by atoms with Crippen LogP contribution in [-0.2, 0) is 0 Å². The first kappa shape index (κ1) is 10.7. The number of aryl methyl sites for hydroxylation is 1. The second-order valence-electron chi connectivity index (χ2n) is 4.33. The third-order valence-electron chi connectivity index (χ3n) is 3.03. The lowest BCUT2D eigenvalue weighted by Crippen LogP contribution is -2.00. The van der Waals surface area contributed by atoms with Crippen molar-refractivity contribution in [3.8, 4) is 0 Å². The van der Waals surface area contributed by atoms with Gasteiger partial charge in [0.15, 0.2) is 0 Å². The Balaban J connectivity index is 2.49. The van der Waals surface area contributed by atoms with Crippen LogP contribution in [0.4, 0.5) is 0 Å². The van der Waals surface area contributed by atoms with Gasteiger partial charge in [-0.3, -0.25) is 4.98 Å². The first-order chi connectivity index (χ1) is 8.65. The largest absolute Gasteiger partial charge is 0.478 e. The zero-order chi connectivity index (χ0) is 12.7. The van der Waals surface area contributed by atoms with Crippen molar-refractivity contribution in [2.24, 2.45) is 0 Å². The zero-order valence-electron chi connectivity index (χ0n) is 9.84. The lowest BCUT2D eigenvalue weighted by molar-refractivity contribution is 0.0699. The SMILES string of the molecule is Cc1cc(C(=O)O)c2cc3ccccc3cc2n1. The summed E-state index contributed by atoms with van der Waals surface area (Å²) in [4.78, 5) is 15.7. The Hall–Kier alpha value is -2.42. The average molecular weight is 237 g/mol. The predicted molar refractivity (Wildman–Crippen MR) is 70.9 cm³/mol. The average Bonchev–Trinajstić information content (AvgIpc) is 2.35. The van der Waals surface area contributed by atoms with E-state index in [1.807, 2.05) is 36.4 Å². The fourth-order valence-electron chi connectivity index (χ4n) is 2.22. The molecule has 1 aromatic heterocycles. The normalized spacial score (nSPS) is 10.9. The number of carboxylic acids is 1. The number of nitrogens with zero attached hydrogens (tertiary/aromatic N) is 1. The molecule has 0 amide bonds. The maximum Gasteiger partial charge on any atom is 0.336 e. The molecule has 18 heavy (non-hydrogen) atoms. The Morgan fingerprint density at radius 3 is 2.44 bits per heavy atom. The maximum absolute atomic E-state index is 11.3. The Bertz CT molecular complexity index is 778. The monoisotopic (exact) mass is 237 g/mol. The smallest absolute Gasteiger partial charge is 0.336 e. The highest BCUT2D eigenvalue weighted by molar-refractivity contribution is 6.07. The summed E-state index contributed by atoms with van der Waals surface area (Å²) in [6, 6.07) is 13.3. The minimum absolute atomic E-state index is 0.309. The van der Waals surface area contributed by atoms with E-state index in [9.17, 15) is 9.90 Å². The van der Waals surface area contributed by atoms with Gasteiger partial charge in [0.05, 0.1) is 11.1 Å². The molecule has 0 bridgehead atoms. The number of rotatable bonds is 1. The van der Waals surface area contributed by atoms with Crippen molar-refractivity contribution in [3.63, 3.8) is 0 Å². The molecular weight excluding hydrogens is 226 g/mol. The molecule has 0 radical (unpaired) electrons. The summed E-state index contributed by atoms with van der Waals surface area (Å²) < 4.78 is 0. The van der Waals surface area contributed by atoms with Crippen LogP contribution < -0.4 is 0 Å². The number of fused-ring (bicyclic) bond motifs is 2. The van der Waals surface area contributed by atoms with Gasteiger partial charge >= 0.3 is 5.97 Å². The molecule has 0 fully saturated rings. The second-order valence-corrected chi connectivity index (χ2v) is 4.33. The number of aromatic nitrogens is 1. The van der Waals surface area contributed by atoms with E-state index in [1.54, 1.807) is 13.0 Å². The van der Waals surface area contributed by atoms with Gasteiger partial charge in [-0.1, -0.05) is 24.3 Å². The molecule has 0 atom stereocenters. The first-order valence-corrected chi connectivity index (χ1v) is 5.68. The van der Waals surface area contributed by atoms with Crippen molar-refractivity contribution < 1.29 is 9.90 Å². The van der Waals surface area contributed by atoms with E-state index >= 15 is 0 Å². The lowest BCUT2D eigenvalue weighted by Gasteiger charge is -2.06. The minimum atomic E-state index is -0.916.